The van der Waals surface area contributed by atoms with E-state index in [1.807, 2.05) is 9.80 Å². The Bertz CT molecular complexity index is 1300. The number of aromatic nitrogens is 1. The first-order valence-corrected chi connectivity index (χ1v) is 17.0. The van der Waals surface area contributed by atoms with Gasteiger partial charge in [0.05, 0.1) is 11.7 Å². The number of benzene rings is 1. The molecule has 2 aromatic rings. The Balaban J connectivity index is 1.17. The lowest BCUT2D eigenvalue weighted by molar-refractivity contribution is -0.131. The van der Waals surface area contributed by atoms with E-state index >= 15 is 0 Å². The zero-order valence-corrected chi connectivity index (χ0v) is 27.4. The van der Waals surface area contributed by atoms with Gasteiger partial charge >= 0.3 is 6.03 Å². The highest BCUT2D eigenvalue weighted by Gasteiger charge is 2.47. The standard InChI is InChI=1S/C35H50ClN5O2/c1-24-21-25(2)23-27(22-24)30-28(10-14-38-17-19-41(20-18-38)34(43)40-12-5-6-13-40)29(33(36)37-30)7-11-35(3,4)32(42)31-26-8-15-39(31)16-9-26/h21-23,26,31,37H,5-20H2,1-4H3. The van der Waals surface area contributed by atoms with E-state index in [0.29, 0.717) is 16.9 Å². The first kappa shape index (κ1) is 30.7. The number of piperazine rings is 1. The van der Waals surface area contributed by atoms with Crippen LogP contribution >= 0.6 is 11.6 Å². The number of aromatic amines is 1. The molecule has 234 valence electrons. The Labute approximate surface area is 262 Å². The molecule has 6 rings (SSSR count). The van der Waals surface area contributed by atoms with Crippen molar-refractivity contribution in [2.75, 3.05) is 58.9 Å². The number of carbonyl (C=O) groups is 2. The van der Waals surface area contributed by atoms with E-state index in [4.69, 9.17) is 11.6 Å². The van der Waals surface area contributed by atoms with Crippen molar-refractivity contribution < 1.29 is 9.59 Å². The van der Waals surface area contributed by atoms with E-state index in [9.17, 15) is 9.59 Å². The molecule has 0 radical (unpaired) electrons. The summed E-state index contributed by atoms with van der Waals surface area (Å²) >= 11 is 7.00. The minimum atomic E-state index is -0.397. The van der Waals surface area contributed by atoms with Gasteiger partial charge in [0.25, 0.3) is 0 Å². The van der Waals surface area contributed by atoms with Crippen LogP contribution in [0.4, 0.5) is 4.79 Å². The van der Waals surface area contributed by atoms with Crippen molar-refractivity contribution >= 4 is 23.4 Å². The molecule has 1 unspecified atom stereocenters. The minimum absolute atomic E-state index is 0.109. The van der Waals surface area contributed by atoms with Gasteiger partial charge in [-0.1, -0.05) is 42.6 Å². The van der Waals surface area contributed by atoms with Crippen molar-refractivity contribution in [1.82, 2.24) is 24.6 Å². The van der Waals surface area contributed by atoms with Gasteiger partial charge in [0.1, 0.15) is 5.15 Å². The predicted octanol–water partition coefficient (Wildman–Crippen LogP) is 5.95. The van der Waals surface area contributed by atoms with E-state index in [0.717, 1.165) is 102 Å². The Morgan fingerprint density at radius 3 is 2.09 bits per heavy atom. The fourth-order valence-corrected chi connectivity index (χ4v) is 8.44. The van der Waals surface area contributed by atoms with Gasteiger partial charge < -0.3 is 14.8 Å². The number of hydrogen-bond acceptors (Lipinski definition) is 4. The molecule has 7 nitrogen and oxygen atoms in total. The Hall–Kier alpha value is -2.35. The van der Waals surface area contributed by atoms with Gasteiger partial charge in [-0.25, -0.2) is 4.79 Å². The van der Waals surface area contributed by atoms with Crippen LogP contribution < -0.4 is 0 Å². The fourth-order valence-electron chi connectivity index (χ4n) is 8.14. The molecule has 8 heteroatoms. The van der Waals surface area contributed by atoms with Gasteiger partial charge in [-0.05, 0) is 107 Å². The van der Waals surface area contributed by atoms with E-state index in [2.05, 4.69) is 60.7 Å². The second kappa shape index (κ2) is 12.6. The number of aryl methyl sites for hydroxylation is 2. The summed E-state index contributed by atoms with van der Waals surface area (Å²) in [5.41, 5.74) is 6.80. The van der Waals surface area contributed by atoms with E-state index < -0.39 is 5.41 Å². The van der Waals surface area contributed by atoms with Gasteiger partial charge in [0.15, 0.2) is 5.78 Å². The van der Waals surface area contributed by atoms with Crippen LogP contribution in [0.25, 0.3) is 11.3 Å². The number of H-pyrrole nitrogens is 1. The molecular formula is C35H50ClN5O2. The molecule has 5 heterocycles. The second-order valence-corrected chi connectivity index (χ2v) is 14.6. The molecule has 0 saturated carbocycles. The maximum atomic E-state index is 13.8. The Morgan fingerprint density at radius 2 is 1.49 bits per heavy atom. The molecule has 4 aliphatic rings. The van der Waals surface area contributed by atoms with Gasteiger partial charge in [0.2, 0.25) is 0 Å². The van der Waals surface area contributed by atoms with Crippen LogP contribution in [0.1, 0.15) is 68.2 Å². The summed E-state index contributed by atoms with van der Waals surface area (Å²) in [6.07, 6.45) is 7.04. The molecule has 1 aromatic heterocycles. The van der Waals surface area contributed by atoms with E-state index in [-0.39, 0.29) is 12.1 Å². The zero-order chi connectivity index (χ0) is 30.3. The number of urea groups is 1. The molecule has 1 atom stereocenters. The molecule has 4 fully saturated rings. The Morgan fingerprint density at radius 1 is 0.860 bits per heavy atom. The van der Waals surface area contributed by atoms with Crippen molar-refractivity contribution in [2.24, 2.45) is 11.3 Å². The normalized spacial score (nSPS) is 24.3. The van der Waals surface area contributed by atoms with Gasteiger partial charge in [-0.3, -0.25) is 14.6 Å². The molecule has 43 heavy (non-hydrogen) atoms. The lowest BCUT2D eigenvalue weighted by Gasteiger charge is -2.36. The minimum Gasteiger partial charge on any atom is -0.345 e. The van der Waals surface area contributed by atoms with Crippen molar-refractivity contribution in [1.29, 1.82) is 0 Å². The number of piperidine rings is 1. The number of amides is 2. The highest BCUT2D eigenvalue weighted by molar-refractivity contribution is 6.30. The zero-order valence-electron chi connectivity index (χ0n) is 26.7. The molecule has 0 aliphatic carbocycles. The van der Waals surface area contributed by atoms with Gasteiger partial charge in [-0.15, -0.1) is 0 Å². The molecular weight excluding hydrogens is 558 g/mol. The SMILES string of the molecule is Cc1cc(C)cc(-c2[nH]c(Cl)c(CCC(C)(C)C(=O)C3C4CCN3CC4)c2CCN2CCN(C(=O)N3CCCC3)CC2)c1. The number of Topliss-reactive ketones (excluding diaryl/α,β-unsaturated/α-hetero) is 1. The monoisotopic (exact) mass is 607 g/mol. The van der Waals surface area contributed by atoms with E-state index in [1.54, 1.807) is 0 Å². The summed E-state index contributed by atoms with van der Waals surface area (Å²) < 4.78 is 0. The topological polar surface area (TPSA) is 62.9 Å². The second-order valence-electron chi connectivity index (χ2n) is 14.3. The van der Waals surface area contributed by atoms with Crippen molar-refractivity contribution in [3.8, 4) is 11.3 Å². The smallest absolute Gasteiger partial charge is 0.320 e. The molecule has 0 spiro atoms. The van der Waals surface area contributed by atoms with Crippen molar-refractivity contribution in [2.45, 2.75) is 78.7 Å². The largest absolute Gasteiger partial charge is 0.345 e. The average molecular weight is 608 g/mol. The number of ketones is 1. The third kappa shape index (κ3) is 6.41. The number of nitrogens with one attached hydrogen (secondary N) is 1. The summed E-state index contributed by atoms with van der Waals surface area (Å²) in [5, 5.41) is 0.707. The first-order valence-electron chi connectivity index (χ1n) is 16.6. The van der Waals surface area contributed by atoms with Crippen molar-refractivity contribution in [3.05, 3.63) is 45.6 Å². The number of hydrogen-bond donors (Lipinski definition) is 1. The van der Waals surface area contributed by atoms with Crippen LogP contribution in [0.15, 0.2) is 18.2 Å². The van der Waals surface area contributed by atoms with Crippen LogP contribution in [-0.4, -0.2) is 101 Å². The first-order chi connectivity index (χ1) is 20.6. The molecule has 4 aliphatic heterocycles. The van der Waals surface area contributed by atoms with Crippen LogP contribution in [0.2, 0.25) is 5.15 Å². The lowest BCUT2D eigenvalue weighted by Crippen LogP contribution is -2.52. The average Bonchev–Trinajstić information content (AvgIpc) is 3.79. The summed E-state index contributed by atoms with van der Waals surface area (Å²) in [4.78, 5) is 39.2. The predicted molar refractivity (Wildman–Crippen MR) is 174 cm³/mol. The quantitative estimate of drug-likeness (QED) is 0.383. The molecule has 2 amide bonds. The maximum absolute atomic E-state index is 13.8. The number of halogens is 1. The van der Waals surface area contributed by atoms with Crippen LogP contribution in [0.5, 0.6) is 0 Å². The molecule has 4 saturated heterocycles. The molecule has 1 aromatic carbocycles. The van der Waals surface area contributed by atoms with Crippen molar-refractivity contribution in [3.63, 3.8) is 0 Å². The van der Waals surface area contributed by atoms with Crippen LogP contribution in [-0.2, 0) is 17.6 Å². The number of carbonyl (C=O) groups excluding carboxylic acids is 2. The molecule has 2 bridgehead atoms. The van der Waals surface area contributed by atoms with E-state index in [1.165, 1.54) is 35.1 Å². The third-order valence-electron chi connectivity index (χ3n) is 10.7. The third-order valence-corrected chi connectivity index (χ3v) is 11.0. The summed E-state index contributed by atoms with van der Waals surface area (Å²) in [5.74, 6) is 0.956. The highest BCUT2D eigenvalue weighted by Crippen LogP contribution is 2.41. The number of nitrogens with zero attached hydrogens (tertiary/aromatic N) is 4. The summed E-state index contributed by atoms with van der Waals surface area (Å²) in [6, 6.07) is 7.01. The van der Waals surface area contributed by atoms with Crippen LogP contribution in [0, 0.1) is 25.2 Å². The van der Waals surface area contributed by atoms with Gasteiger partial charge in [0, 0.05) is 51.2 Å². The fraction of sp³-hybridized carbons (Fsp3) is 0.657. The van der Waals surface area contributed by atoms with Crippen LogP contribution in [0.3, 0.4) is 0 Å². The number of fused-ring (bicyclic) bond motifs is 2. The number of likely N-dealkylation sites (tertiary alicyclic amines) is 1. The highest BCUT2D eigenvalue weighted by atomic mass is 35.5. The van der Waals surface area contributed by atoms with Gasteiger partial charge in [-0.2, -0.15) is 0 Å². The maximum Gasteiger partial charge on any atom is 0.320 e. The summed E-state index contributed by atoms with van der Waals surface area (Å²) in [6.45, 7) is 16.8. The number of rotatable bonds is 9. The lowest BCUT2D eigenvalue weighted by atomic mass is 9.77. The Kier molecular flexibility index (Phi) is 8.96. The molecule has 1 N–H and O–H groups in total. The summed E-state index contributed by atoms with van der Waals surface area (Å²) in [7, 11) is 0.